The van der Waals surface area contributed by atoms with Crippen LogP contribution in [0.25, 0.3) is 0 Å². The molecule has 3 aliphatic rings. The lowest BCUT2D eigenvalue weighted by Crippen LogP contribution is -2.62. The van der Waals surface area contributed by atoms with Gasteiger partial charge in [0.25, 0.3) is 0 Å². The van der Waals surface area contributed by atoms with Crippen LogP contribution < -0.4 is 0 Å². The van der Waals surface area contributed by atoms with E-state index in [1.807, 2.05) is 25.9 Å². The predicted molar refractivity (Wildman–Crippen MR) is 214 cm³/mol. The summed E-state index contributed by atoms with van der Waals surface area (Å²) in [5.41, 5.74) is -4.99. The first-order valence-electron chi connectivity index (χ1n) is 20.9. The predicted octanol–water partition coefficient (Wildman–Crippen LogP) is 1.18. The fourth-order valence-electron chi connectivity index (χ4n) is 9.04. The molecule has 0 bridgehead atoms. The molecular weight excluding hydrogens is 776 g/mol. The first-order chi connectivity index (χ1) is 27.5. The van der Waals surface area contributed by atoms with Crippen molar-refractivity contribution in [1.29, 1.82) is 0 Å². The van der Waals surface area contributed by atoms with Gasteiger partial charge in [-0.2, -0.15) is 0 Å². The Hall–Kier alpha value is -1.62. The molecule has 18 atom stereocenters. The second-order valence-electron chi connectivity index (χ2n) is 17.6. The van der Waals surface area contributed by atoms with Crippen molar-refractivity contribution < 1.29 is 78.2 Å². The summed E-state index contributed by atoms with van der Waals surface area (Å²) in [5.74, 6) is -4.36. The van der Waals surface area contributed by atoms with Gasteiger partial charge in [0, 0.05) is 44.4 Å². The normalized spacial score (nSPS) is 45.3. The molecule has 3 rings (SSSR count). The van der Waals surface area contributed by atoms with Gasteiger partial charge in [0.05, 0.1) is 67.6 Å². The number of cyclic esters (lactones) is 1. The molecule has 18 heteroatoms. The third-order valence-electron chi connectivity index (χ3n) is 12.7. The first kappa shape index (κ1) is 51.7. The lowest BCUT2D eigenvalue weighted by atomic mass is 9.73. The summed E-state index contributed by atoms with van der Waals surface area (Å²) >= 11 is 0. The van der Waals surface area contributed by atoms with Crippen molar-refractivity contribution in [2.45, 2.75) is 172 Å². The lowest BCUT2D eigenvalue weighted by Gasteiger charge is -2.49. The minimum absolute atomic E-state index is 0.0629. The van der Waals surface area contributed by atoms with E-state index in [0.717, 1.165) is 0 Å². The Kier molecular flexibility index (Phi) is 19.4. The molecule has 0 aliphatic carbocycles. The maximum Gasteiger partial charge on any atom is 0.311 e. The van der Waals surface area contributed by atoms with E-state index in [-0.39, 0.29) is 50.5 Å². The highest BCUT2D eigenvalue weighted by atomic mass is 16.7. The van der Waals surface area contributed by atoms with Crippen LogP contribution in [0.3, 0.4) is 0 Å². The number of hydrogen-bond acceptors (Lipinski definition) is 18. The van der Waals surface area contributed by atoms with E-state index in [2.05, 4.69) is 5.16 Å². The maximum absolute atomic E-state index is 14.3. The van der Waals surface area contributed by atoms with E-state index in [9.17, 15) is 35.4 Å². The molecule has 0 amide bonds. The summed E-state index contributed by atoms with van der Waals surface area (Å²) in [6.45, 7) is 14.7. The number of nitrogens with zero attached hydrogens (tertiary/aromatic N) is 2. The zero-order valence-corrected chi connectivity index (χ0v) is 37.5. The Morgan fingerprint density at radius 3 is 2.15 bits per heavy atom. The number of carbonyl (C=O) groups excluding carboxylic acids is 1. The molecule has 3 heterocycles. The molecule has 3 aliphatic heterocycles. The second-order valence-corrected chi connectivity index (χ2v) is 17.6. The summed E-state index contributed by atoms with van der Waals surface area (Å²) in [6, 6.07) is -0.352. The molecule has 0 radical (unpaired) electrons. The average molecular weight is 853 g/mol. The minimum atomic E-state index is -2.00. The van der Waals surface area contributed by atoms with Crippen LogP contribution >= 0.6 is 0 Å². The summed E-state index contributed by atoms with van der Waals surface area (Å²) in [4.78, 5) is 21.8. The molecule has 3 fully saturated rings. The van der Waals surface area contributed by atoms with Crippen molar-refractivity contribution in [3.8, 4) is 0 Å². The van der Waals surface area contributed by atoms with Gasteiger partial charge in [-0.15, -0.1) is 0 Å². The van der Waals surface area contributed by atoms with Crippen LogP contribution in [-0.4, -0.2) is 186 Å². The zero-order chi connectivity index (χ0) is 44.6. The molecule has 0 unspecified atom stereocenters. The van der Waals surface area contributed by atoms with E-state index in [4.69, 9.17) is 42.7 Å². The Morgan fingerprint density at radius 2 is 1.58 bits per heavy atom. The van der Waals surface area contributed by atoms with Gasteiger partial charge in [0.15, 0.2) is 12.6 Å². The van der Waals surface area contributed by atoms with E-state index in [0.29, 0.717) is 13.0 Å². The topological polar surface area (TPSA) is 237 Å². The molecule has 0 saturated carbocycles. The highest BCUT2D eigenvalue weighted by Gasteiger charge is 2.54. The highest BCUT2D eigenvalue weighted by Crippen LogP contribution is 2.41. The fraction of sp³-hybridized carbons (Fsp3) is 0.951. The number of methoxy groups -OCH3 is 2. The Bertz CT molecular complexity index is 1320. The van der Waals surface area contributed by atoms with Crippen LogP contribution in [0.2, 0.25) is 0 Å². The third-order valence-corrected chi connectivity index (χ3v) is 12.7. The third kappa shape index (κ3) is 12.3. The minimum Gasteiger partial charge on any atom is -0.459 e. The van der Waals surface area contributed by atoms with Crippen LogP contribution in [0.1, 0.15) is 88.0 Å². The Labute approximate surface area is 350 Å². The summed E-state index contributed by atoms with van der Waals surface area (Å²) in [5, 5.41) is 74.0. The van der Waals surface area contributed by atoms with Gasteiger partial charge in [-0.3, -0.25) is 4.79 Å². The van der Waals surface area contributed by atoms with Crippen LogP contribution in [0.4, 0.5) is 0 Å². The second kappa shape index (κ2) is 22.1. The van der Waals surface area contributed by atoms with E-state index in [1.165, 1.54) is 21.1 Å². The molecule has 6 N–H and O–H groups in total. The summed E-state index contributed by atoms with van der Waals surface area (Å²) in [7, 11) is 6.59. The number of aliphatic hydroxyl groups excluding tert-OH is 4. The number of esters is 1. The van der Waals surface area contributed by atoms with Gasteiger partial charge in [-0.25, -0.2) is 0 Å². The average Bonchev–Trinajstić information content (AvgIpc) is 3.18. The van der Waals surface area contributed by atoms with Crippen molar-refractivity contribution in [2.75, 3.05) is 54.9 Å². The van der Waals surface area contributed by atoms with Crippen molar-refractivity contribution in [3.05, 3.63) is 0 Å². The van der Waals surface area contributed by atoms with Gasteiger partial charge in [-0.1, -0.05) is 32.9 Å². The van der Waals surface area contributed by atoms with E-state index >= 15 is 0 Å². The van der Waals surface area contributed by atoms with Gasteiger partial charge in [0.2, 0.25) is 6.79 Å². The van der Waals surface area contributed by atoms with Crippen LogP contribution in [-0.2, 0) is 47.5 Å². The van der Waals surface area contributed by atoms with Crippen molar-refractivity contribution >= 4 is 11.7 Å². The summed E-state index contributed by atoms with van der Waals surface area (Å²) in [6.07, 6.45) is -10.6. The van der Waals surface area contributed by atoms with Gasteiger partial charge in [0.1, 0.15) is 29.5 Å². The van der Waals surface area contributed by atoms with Crippen molar-refractivity contribution in [3.63, 3.8) is 0 Å². The molecule has 0 aromatic carbocycles. The molecule has 59 heavy (non-hydrogen) atoms. The first-order valence-corrected chi connectivity index (χ1v) is 20.9. The molecule has 346 valence electrons. The molecular formula is C41H76N2O16. The summed E-state index contributed by atoms with van der Waals surface area (Å²) < 4.78 is 47.9. The number of carbonyl (C=O) groups is 1. The Balaban J connectivity index is 2.23. The van der Waals surface area contributed by atoms with Crippen LogP contribution in [0.5, 0.6) is 0 Å². The van der Waals surface area contributed by atoms with E-state index in [1.54, 1.807) is 48.5 Å². The largest absolute Gasteiger partial charge is 0.459 e. The zero-order valence-electron chi connectivity index (χ0n) is 37.5. The number of likely N-dealkylation sites (N-methyl/N-ethyl adjacent to an activating group) is 1. The van der Waals surface area contributed by atoms with E-state index < -0.39 is 108 Å². The quantitative estimate of drug-likeness (QED) is 0.0623. The highest BCUT2D eigenvalue weighted by molar-refractivity contribution is 5.88. The molecule has 3 saturated heterocycles. The number of ether oxygens (including phenoxy) is 8. The van der Waals surface area contributed by atoms with Gasteiger partial charge in [-0.05, 0) is 68.0 Å². The SMILES string of the molecule is CC[C@H]1OC(=O)[C@H](C)[C@@H](O[C@H]2C[C@@](CO)(OC)[C@@H](O)[C@H](C)O2)[C@H](C)[C@@H](O[C@@H]2O[C@H](C)C[C@H](N(C)C)[C@H]2O)[C@](C)(O)C[C@@H](C)/C(=N\OCOCCOC)[C@H](C)[C@@H](O)[C@]1(C)O. The molecule has 18 nitrogen and oxygen atoms in total. The lowest BCUT2D eigenvalue weighted by molar-refractivity contribution is -0.321. The Morgan fingerprint density at radius 1 is 0.915 bits per heavy atom. The standard InChI is InChI=1S/C41H76N2O16/c1-14-29-40(9,50)34(46)24(4)31(42-54-21-53-16-15-51-12)22(2)18-39(8,49)36(59-38-32(45)28(43(10)11)17-23(3)55-38)25(5)33(26(6)37(48)57-29)58-30-19-41(20-44,52-13)35(47)27(7)56-30/h22-30,32-36,38,44-47,49-50H,14-21H2,1-13H3/b42-31+/t22-,23-,24+,25+,26-,27+,28+,29-,30+,32-,33+,34-,35+,36-,38+,39-,40-,41+/m1/s1. The number of oxime groups is 1. The number of rotatable bonds is 14. The smallest absolute Gasteiger partial charge is 0.311 e. The van der Waals surface area contributed by atoms with Crippen molar-refractivity contribution in [2.24, 2.45) is 28.8 Å². The van der Waals surface area contributed by atoms with Gasteiger partial charge < -0.3 is 78.3 Å². The van der Waals surface area contributed by atoms with Crippen LogP contribution in [0, 0.1) is 23.7 Å². The number of hydrogen-bond donors (Lipinski definition) is 6. The van der Waals surface area contributed by atoms with Gasteiger partial charge >= 0.3 is 5.97 Å². The molecule has 0 aromatic rings. The maximum atomic E-state index is 14.3. The monoisotopic (exact) mass is 853 g/mol. The van der Waals surface area contributed by atoms with Crippen molar-refractivity contribution in [1.82, 2.24) is 4.90 Å². The fourth-order valence-corrected chi connectivity index (χ4v) is 9.04. The number of aliphatic hydroxyl groups is 6. The molecule has 0 spiro atoms. The molecule has 0 aromatic heterocycles. The van der Waals surface area contributed by atoms with Crippen LogP contribution in [0.15, 0.2) is 5.16 Å².